The van der Waals surface area contributed by atoms with Crippen LogP contribution < -0.4 is 0 Å². The lowest BCUT2D eigenvalue weighted by atomic mass is 10.0. The third-order valence-electron chi connectivity index (χ3n) is 3.69. The smallest absolute Gasteiger partial charge is 0.306 e. The largest absolute Gasteiger partial charge is 0.462 e. The van der Waals surface area contributed by atoms with E-state index in [-0.39, 0.29) is 17.9 Å². The molecule has 3 heteroatoms. The van der Waals surface area contributed by atoms with Crippen LogP contribution in [0.1, 0.15) is 43.2 Å². The molecule has 1 saturated heterocycles. The third kappa shape index (κ3) is 5.21. The van der Waals surface area contributed by atoms with Crippen LogP contribution in [0.15, 0.2) is 36.4 Å². The van der Waals surface area contributed by atoms with Gasteiger partial charge in [-0.1, -0.05) is 24.1 Å². The molecular formula is C19H20O3. The molecule has 1 aromatic rings. The molecule has 0 amide bonds. The van der Waals surface area contributed by atoms with E-state index in [9.17, 15) is 9.59 Å². The molecule has 114 valence electrons. The van der Waals surface area contributed by atoms with E-state index in [1.807, 2.05) is 30.3 Å². The van der Waals surface area contributed by atoms with Crippen LogP contribution >= 0.6 is 0 Å². The molecule has 1 aliphatic rings. The first-order valence-corrected chi connectivity index (χ1v) is 7.62. The molecule has 0 radical (unpaired) electrons. The molecule has 3 nitrogen and oxygen atoms in total. The van der Waals surface area contributed by atoms with Crippen LogP contribution in [0, 0.1) is 12.3 Å². The lowest BCUT2D eigenvalue weighted by Gasteiger charge is -2.20. The van der Waals surface area contributed by atoms with Crippen molar-refractivity contribution in [2.45, 2.75) is 44.6 Å². The average molecular weight is 296 g/mol. The predicted octanol–water partition coefficient (Wildman–Crippen LogP) is 3.21. The molecule has 1 atom stereocenters. The van der Waals surface area contributed by atoms with Gasteiger partial charge in [0.15, 0.2) is 5.78 Å². The zero-order valence-electron chi connectivity index (χ0n) is 12.6. The molecular weight excluding hydrogens is 276 g/mol. The van der Waals surface area contributed by atoms with E-state index < -0.39 is 0 Å². The zero-order valence-corrected chi connectivity index (χ0v) is 12.6. The number of carbonyl (C=O) groups is 2. The van der Waals surface area contributed by atoms with Gasteiger partial charge in [-0.2, -0.15) is 0 Å². The van der Waals surface area contributed by atoms with Gasteiger partial charge in [-0.05, 0) is 43.0 Å². The van der Waals surface area contributed by atoms with E-state index in [1.54, 1.807) is 6.08 Å². The number of ether oxygens (including phenoxy) is 1. The normalized spacial score (nSPS) is 18.0. The van der Waals surface area contributed by atoms with E-state index in [4.69, 9.17) is 11.2 Å². The van der Waals surface area contributed by atoms with Crippen LogP contribution in [0.2, 0.25) is 0 Å². The van der Waals surface area contributed by atoms with Crippen LogP contribution in [-0.4, -0.2) is 17.9 Å². The molecule has 0 saturated carbocycles. The quantitative estimate of drug-likeness (QED) is 0.460. The summed E-state index contributed by atoms with van der Waals surface area (Å²) in [6.07, 6.45) is 12.7. The highest BCUT2D eigenvalue weighted by Gasteiger charge is 2.18. The number of esters is 1. The molecule has 1 aromatic carbocycles. The molecule has 0 N–H and O–H groups in total. The Morgan fingerprint density at radius 3 is 2.82 bits per heavy atom. The summed E-state index contributed by atoms with van der Waals surface area (Å²) in [7, 11) is 0. The Labute approximate surface area is 131 Å². The van der Waals surface area contributed by atoms with Crippen LogP contribution in [0.5, 0.6) is 0 Å². The highest BCUT2D eigenvalue weighted by molar-refractivity contribution is 5.89. The Morgan fingerprint density at radius 2 is 2.14 bits per heavy atom. The fraction of sp³-hybridized carbons (Fsp3) is 0.368. The van der Waals surface area contributed by atoms with Gasteiger partial charge in [-0.15, -0.1) is 6.42 Å². The maximum atomic E-state index is 11.8. The number of carbonyl (C=O) groups excluding carboxylic acids is 2. The van der Waals surface area contributed by atoms with Crippen molar-refractivity contribution in [3.05, 3.63) is 47.5 Å². The summed E-state index contributed by atoms with van der Waals surface area (Å²) in [4.78, 5) is 23.0. The van der Waals surface area contributed by atoms with Crippen molar-refractivity contribution in [2.24, 2.45) is 0 Å². The van der Waals surface area contributed by atoms with Gasteiger partial charge in [-0.25, -0.2) is 0 Å². The van der Waals surface area contributed by atoms with Crippen LogP contribution in [0.25, 0.3) is 0 Å². The maximum absolute atomic E-state index is 11.8. The second kappa shape index (κ2) is 8.19. The molecule has 0 unspecified atom stereocenters. The van der Waals surface area contributed by atoms with Gasteiger partial charge >= 0.3 is 5.97 Å². The summed E-state index contributed by atoms with van der Waals surface area (Å²) in [5.74, 6) is 2.52. The number of cyclic esters (lactones) is 1. The van der Waals surface area contributed by atoms with Crippen molar-refractivity contribution >= 4 is 11.8 Å². The number of allylic oxidation sites excluding steroid dienone is 1. The summed E-state index contributed by atoms with van der Waals surface area (Å²) in [6.45, 7) is 0. The van der Waals surface area contributed by atoms with Gasteiger partial charge in [0.25, 0.3) is 0 Å². The number of rotatable bonds is 6. The highest BCUT2D eigenvalue weighted by Crippen LogP contribution is 2.17. The molecule has 1 aliphatic heterocycles. The van der Waals surface area contributed by atoms with Crippen LogP contribution in [0.4, 0.5) is 0 Å². The molecule has 2 rings (SSSR count). The summed E-state index contributed by atoms with van der Waals surface area (Å²) in [6, 6.07) is 7.67. The van der Waals surface area contributed by atoms with Crippen molar-refractivity contribution < 1.29 is 14.3 Å². The van der Waals surface area contributed by atoms with E-state index in [2.05, 4.69) is 5.92 Å². The SMILES string of the molecule is C#Cc1ccc(CCC(=O)/C=C/C[C@H]2CCCC(=O)O2)cc1. The van der Waals surface area contributed by atoms with Gasteiger partial charge in [0.05, 0.1) is 0 Å². The number of benzene rings is 1. The highest BCUT2D eigenvalue weighted by atomic mass is 16.5. The van der Waals surface area contributed by atoms with Gasteiger partial charge in [0.1, 0.15) is 6.10 Å². The topological polar surface area (TPSA) is 43.4 Å². The first-order chi connectivity index (χ1) is 10.7. The molecule has 1 heterocycles. The van der Waals surface area contributed by atoms with Crippen LogP contribution in [0.3, 0.4) is 0 Å². The van der Waals surface area contributed by atoms with E-state index in [1.165, 1.54) is 0 Å². The lowest BCUT2D eigenvalue weighted by Crippen LogP contribution is -2.22. The number of terminal acetylenes is 1. The molecule has 22 heavy (non-hydrogen) atoms. The molecule has 0 aliphatic carbocycles. The summed E-state index contributed by atoms with van der Waals surface area (Å²) < 4.78 is 5.20. The van der Waals surface area contributed by atoms with Gasteiger partial charge in [0.2, 0.25) is 0 Å². The maximum Gasteiger partial charge on any atom is 0.306 e. The van der Waals surface area contributed by atoms with Crippen molar-refractivity contribution in [2.75, 3.05) is 0 Å². The average Bonchev–Trinajstić information content (AvgIpc) is 2.53. The summed E-state index contributed by atoms with van der Waals surface area (Å²) in [5.41, 5.74) is 1.94. The van der Waals surface area contributed by atoms with Gasteiger partial charge in [0, 0.05) is 24.8 Å². The van der Waals surface area contributed by atoms with Crippen molar-refractivity contribution in [3.8, 4) is 12.3 Å². The molecule has 0 spiro atoms. The monoisotopic (exact) mass is 296 g/mol. The second-order valence-corrected chi connectivity index (χ2v) is 5.45. The van der Waals surface area contributed by atoms with Gasteiger partial charge in [-0.3, -0.25) is 9.59 Å². The number of ketones is 1. The van der Waals surface area contributed by atoms with Crippen molar-refractivity contribution in [3.63, 3.8) is 0 Å². The van der Waals surface area contributed by atoms with Crippen molar-refractivity contribution in [1.82, 2.24) is 0 Å². The molecule has 1 fully saturated rings. The minimum Gasteiger partial charge on any atom is -0.462 e. The first kappa shape index (κ1) is 16.0. The van der Waals surface area contributed by atoms with Crippen molar-refractivity contribution in [1.29, 1.82) is 0 Å². The van der Waals surface area contributed by atoms with Crippen LogP contribution in [-0.2, 0) is 20.7 Å². The standard InChI is InChI=1S/C19H20O3/c1-2-15-9-11-16(12-10-15)13-14-17(20)5-3-6-18-7-4-8-19(21)22-18/h1,3,5,9-12,18H,4,6-8,13-14H2/b5-3+/t18-/m0/s1. The summed E-state index contributed by atoms with van der Waals surface area (Å²) in [5, 5.41) is 0. The Hall–Kier alpha value is -2.34. The number of hydrogen-bond acceptors (Lipinski definition) is 3. The molecule has 0 bridgehead atoms. The zero-order chi connectivity index (χ0) is 15.8. The van der Waals surface area contributed by atoms with E-state index >= 15 is 0 Å². The molecule has 0 aromatic heterocycles. The fourth-order valence-corrected chi connectivity index (χ4v) is 2.41. The Morgan fingerprint density at radius 1 is 1.36 bits per heavy atom. The van der Waals surface area contributed by atoms with Gasteiger partial charge < -0.3 is 4.74 Å². The first-order valence-electron chi connectivity index (χ1n) is 7.62. The fourth-order valence-electron chi connectivity index (χ4n) is 2.41. The predicted molar refractivity (Wildman–Crippen MR) is 85.2 cm³/mol. The third-order valence-corrected chi connectivity index (χ3v) is 3.69. The minimum atomic E-state index is -0.133. The lowest BCUT2D eigenvalue weighted by molar-refractivity contribution is -0.153. The summed E-state index contributed by atoms with van der Waals surface area (Å²) >= 11 is 0. The van der Waals surface area contributed by atoms with E-state index in [0.717, 1.165) is 24.0 Å². The Balaban J connectivity index is 1.71. The number of hydrogen-bond donors (Lipinski definition) is 0. The second-order valence-electron chi connectivity index (χ2n) is 5.45. The van der Waals surface area contributed by atoms with E-state index in [0.29, 0.717) is 25.7 Å². The Kier molecular flexibility index (Phi) is 5.97. The minimum absolute atomic E-state index is 0.0680. The Bertz CT molecular complexity index is 590. The number of aryl methyl sites for hydroxylation is 1.